The Labute approximate surface area is 230 Å². The van der Waals surface area contributed by atoms with Gasteiger partial charge in [-0.15, -0.1) is 0 Å². The van der Waals surface area contributed by atoms with Crippen LogP contribution in [-0.4, -0.2) is 35.7 Å². The van der Waals surface area contributed by atoms with Gasteiger partial charge in [-0.1, -0.05) is 0 Å². The summed E-state index contributed by atoms with van der Waals surface area (Å²) in [7, 11) is 0. The van der Waals surface area contributed by atoms with Gasteiger partial charge < -0.3 is 24.8 Å². The zero-order chi connectivity index (χ0) is 28.7. The van der Waals surface area contributed by atoms with Gasteiger partial charge in [0.1, 0.15) is 11.5 Å². The van der Waals surface area contributed by atoms with Crippen LogP contribution in [0, 0.1) is 0 Å². The van der Waals surface area contributed by atoms with E-state index in [0.29, 0.717) is 22.9 Å². The molecule has 6 rings (SSSR count). The Hall–Kier alpha value is -6.10. The van der Waals surface area contributed by atoms with Crippen molar-refractivity contribution in [2.24, 2.45) is 0 Å². The SMILES string of the molecule is O=C(Nc1ccc(Oc2ccc(NC(=O)c3ccc4c(c3)C(=O)OC4=O)cc2)cc1)c1ccc2c(c1)C(=O)OC2=O. The minimum atomic E-state index is -0.789. The van der Waals surface area contributed by atoms with Gasteiger partial charge >= 0.3 is 23.9 Å². The molecule has 2 aliphatic rings. The second-order valence-corrected chi connectivity index (χ2v) is 8.93. The van der Waals surface area contributed by atoms with E-state index in [1.807, 2.05) is 0 Å². The van der Waals surface area contributed by atoms with Crippen molar-refractivity contribution in [3.05, 3.63) is 118 Å². The number of fused-ring (bicyclic) bond motifs is 2. The summed E-state index contributed by atoms with van der Waals surface area (Å²) < 4.78 is 14.9. The summed E-state index contributed by atoms with van der Waals surface area (Å²) in [6, 6.07) is 21.3. The quantitative estimate of drug-likeness (QED) is 0.260. The van der Waals surface area contributed by atoms with Gasteiger partial charge in [-0.2, -0.15) is 0 Å². The lowest BCUT2D eigenvalue weighted by Crippen LogP contribution is -2.12. The van der Waals surface area contributed by atoms with Gasteiger partial charge in [0, 0.05) is 22.5 Å². The van der Waals surface area contributed by atoms with Gasteiger partial charge in [0.2, 0.25) is 0 Å². The van der Waals surface area contributed by atoms with Crippen molar-refractivity contribution in [2.45, 2.75) is 0 Å². The van der Waals surface area contributed by atoms with Crippen molar-refractivity contribution >= 4 is 47.1 Å². The normalized spacial score (nSPS) is 13.2. The summed E-state index contributed by atoms with van der Waals surface area (Å²) in [5.74, 6) is -3.03. The number of carbonyl (C=O) groups is 6. The maximum Gasteiger partial charge on any atom is 0.346 e. The molecule has 200 valence electrons. The van der Waals surface area contributed by atoms with Gasteiger partial charge in [-0.3, -0.25) is 9.59 Å². The molecule has 2 N–H and O–H groups in total. The molecule has 4 aromatic carbocycles. The molecule has 0 unspecified atom stereocenters. The third-order valence-electron chi connectivity index (χ3n) is 6.27. The van der Waals surface area contributed by atoms with E-state index in [-0.39, 0.29) is 33.4 Å². The largest absolute Gasteiger partial charge is 0.457 e. The summed E-state index contributed by atoms with van der Waals surface area (Å²) in [6.07, 6.45) is 0. The number of rotatable bonds is 6. The molecule has 0 atom stereocenters. The molecule has 0 aromatic heterocycles. The average molecular weight is 548 g/mol. The number of anilines is 2. The van der Waals surface area contributed by atoms with E-state index >= 15 is 0 Å². The first-order chi connectivity index (χ1) is 19.7. The third-order valence-corrected chi connectivity index (χ3v) is 6.27. The number of nitrogens with one attached hydrogen (secondary N) is 2. The zero-order valence-corrected chi connectivity index (χ0v) is 20.8. The number of amides is 2. The van der Waals surface area contributed by atoms with Crippen molar-refractivity contribution in [1.82, 2.24) is 0 Å². The highest BCUT2D eigenvalue weighted by atomic mass is 16.6. The van der Waals surface area contributed by atoms with Gasteiger partial charge in [0.05, 0.1) is 22.3 Å². The van der Waals surface area contributed by atoms with E-state index < -0.39 is 35.7 Å². The van der Waals surface area contributed by atoms with Crippen molar-refractivity contribution in [3.63, 3.8) is 0 Å². The monoisotopic (exact) mass is 548 g/mol. The molecule has 0 aliphatic carbocycles. The predicted octanol–water partition coefficient (Wildman–Crippen LogP) is 4.60. The maximum atomic E-state index is 12.6. The van der Waals surface area contributed by atoms with Crippen LogP contribution in [0.5, 0.6) is 11.5 Å². The first kappa shape index (κ1) is 25.2. The molecule has 0 radical (unpaired) electrons. The third kappa shape index (κ3) is 4.90. The number of ether oxygens (including phenoxy) is 3. The molecule has 2 aliphatic heterocycles. The summed E-state index contributed by atoms with van der Waals surface area (Å²) >= 11 is 0. The van der Waals surface area contributed by atoms with Crippen molar-refractivity contribution < 1.29 is 43.0 Å². The minimum Gasteiger partial charge on any atom is -0.457 e. The fraction of sp³-hybridized carbons (Fsp3) is 0. The Bertz CT molecular complexity index is 1680. The van der Waals surface area contributed by atoms with Crippen LogP contribution in [0.3, 0.4) is 0 Å². The average Bonchev–Trinajstić information content (AvgIpc) is 3.43. The van der Waals surface area contributed by atoms with E-state index in [1.165, 1.54) is 36.4 Å². The van der Waals surface area contributed by atoms with Crippen LogP contribution >= 0.6 is 0 Å². The lowest BCUT2D eigenvalue weighted by atomic mass is 10.1. The molecule has 11 nitrogen and oxygen atoms in total. The number of cyclic esters (lactones) is 4. The van der Waals surface area contributed by atoms with E-state index in [0.717, 1.165) is 0 Å². The van der Waals surface area contributed by atoms with Crippen LogP contribution in [0.15, 0.2) is 84.9 Å². The van der Waals surface area contributed by atoms with E-state index in [2.05, 4.69) is 20.1 Å². The molecule has 0 spiro atoms. The Balaban J connectivity index is 1.06. The maximum absolute atomic E-state index is 12.6. The van der Waals surface area contributed by atoms with Gasteiger partial charge in [-0.05, 0) is 84.9 Å². The summed E-state index contributed by atoms with van der Waals surface area (Å²) in [5, 5.41) is 5.42. The smallest absolute Gasteiger partial charge is 0.346 e. The lowest BCUT2D eigenvalue weighted by molar-refractivity contribution is 0.0425. The molecular formula is C30H16N2O9. The first-order valence-electron chi connectivity index (χ1n) is 12.1. The van der Waals surface area contributed by atoms with Crippen LogP contribution in [0.4, 0.5) is 11.4 Å². The zero-order valence-electron chi connectivity index (χ0n) is 20.8. The predicted molar refractivity (Wildman–Crippen MR) is 141 cm³/mol. The molecule has 4 aromatic rings. The number of hydrogen-bond acceptors (Lipinski definition) is 9. The van der Waals surface area contributed by atoms with E-state index in [1.54, 1.807) is 48.5 Å². The highest BCUT2D eigenvalue weighted by molar-refractivity contribution is 6.17. The highest BCUT2D eigenvalue weighted by Crippen LogP contribution is 2.26. The number of hydrogen-bond donors (Lipinski definition) is 2. The fourth-order valence-electron chi connectivity index (χ4n) is 4.21. The Morgan fingerprint density at radius 3 is 1.24 bits per heavy atom. The second kappa shape index (κ2) is 9.89. The van der Waals surface area contributed by atoms with Gasteiger partial charge in [0.25, 0.3) is 11.8 Å². The number of benzene rings is 4. The molecule has 2 amide bonds. The first-order valence-corrected chi connectivity index (χ1v) is 12.1. The molecule has 0 saturated heterocycles. The van der Waals surface area contributed by atoms with E-state index in [9.17, 15) is 28.8 Å². The molecule has 41 heavy (non-hydrogen) atoms. The number of carbonyl (C=O) groups excluding carboxylic acids is 6. The van der Waals surface area contributed by atoms with Gasteiger partial charge in [-0.25, -0.2) is 19.2 Å². The topological polar surface area (TPSA) is 154 Å². The molecule has 0 bridgehead atoms. The Morgan fingerprint density at radius 1 is 0.488 bits per heavy atom. The summed E-state index contributed by atoms with van der Waals surface area (Å²) in [6.45, 7) is 0. The minimum absolute atomic E-state index is 0.0458. The lowest BCUT2D eigenvalue weighted by Gasteiger charge is -2.10. The van der Waals surface area contributed by atoms with Crippen LogP contribution in [0.2, 0.25) is 0 Å². The molecule has 0 fully saturated rings. The fourth-order valence-corrected chi connectivity index (χ4v) is 4.21. The molecule has 0 saturated carbocycles. The Kier molecular flexibility index (Phi) is 6.08. The van der Waals surface area contributed by atoms with Crippen molar-refractivity contribution in [2.75, 3.05) is 10.6 Å². The molecule has 11 heteroatoms. The van der Waals surface area contributed by atoms with Crippen LogP contribution in [0.25, 0.3) is 0 Å². The summed E-state index contributed by atoms with van der Waals surface area (Å²) in [5.41, 5.74) is 1.67. The summed E-state index contributed by atoms with van der Waals surface area (Å²) in [4.78, 5) is 71.9. The molecular weight excluding hydrogens is 532 g/mol. The van der Waals surface area contributed by atoms with Crippen molar-refractivity contribution in [3.8, 4) is 11.5 Å². The van der Waals surface area contributed by atoms with Crippen LogP contribution in [0.1, 0.15) is 62.1 Å². The highest BCUT2D eigenvalue weighted by Gasteiger charge is 2.31. The van der Waals surface area contributed by atoms with Crippen LogP contribution in [-0.2, 0) is 9.47 Å². The van der Waals surface area contributed by atoms with Crippen molar-refractivity contribution in [1.29, 1.82) is 0 Å². The number of esters is 4. The second-order valence-electron chi connectivity index (χ2n) is 8.93. The van der Waals surface area contributed by atoms with Gasteiger partial charge in [0.15, 0.2) is 0 Å². The molecule has 2 heterocycles. The Morgan fingerprint density at radius 2 is 0.854 bits per heavy atom. The standard InChI is InChI=1S/C30H16N2O9/c33-25(15-1-11-21-23(13-15)29(37)40-27(21)35)31-17-3-7-19(8-4-17)39-20-9-5-18(6-10-20)32-26(34)16-2-12-22-24(14-16)30(38)41-28(22)36/h1-14H,(H,31,33)(H,32,34). The van der Waals surface area contributed by atoms with E-state index in [4.69, 9.17) is 4.74 Å². The van der Waals surface area contributed by atoms with Crippen LogP contribution < -0.4 is 15.4 Å².